The van der Waals surface area contributed by atoms with E-state index in [2.05, 4.69) is 10.4 Å². The van der Waals surface area contributed by atoms with Crippen molar-refractivity contribution >= 4 is 35.2 Å². The molecule has 8 heteroatoms. The van der Waals surface area contributed by atoms with Crippen LogP contribution in [0, 0.1) is 6.92 Å². The molecule has 0 bridgehead atoms. The molecule has 1 aromatic heterocycles. The zero-order chi connectivity index (χ0) is 21.7. The third-order valence-electron chi connectivity index (χ3n) is 4.43. The fourth-order valence-corrected chi connectivity index (χ4v) is 3.21. The van der Waals surface area contributed by atoms with Gasteiger partial charge in [-0.1, -0.05) is 41.9 Å². The highest BCUT2D eigenvalue weighted by molar-refractivity contribution is 6.31. The number of hydrogen-bond acceptors (Lipinski definition) is 4. The van der Waals surface area contributed by atoms with Crippen LogP contribution in [0.2, 0.25) is 5.15 Å². The molecular weight excluding hydrogens is 404 g/mol. The van der Waals surface area contributed by atoms with Gasteiger partial charge in [-0.3, -0.25) is 9.59 Å². The summed E-state index contributed by atoms with van der Waals surface area (Å²) in [6.07, 6.45) is 2.95. The lowest BCUT2D eigenvalue weighted by atomic mass is 10.1. The molecule has 3 rings (SSSR count). The van der Waals surface area contributed by atoms with Crippen LogP contribution in [-0.4, -0.2) is 28.7 Å². The smallest absolute Gasteiger partial charge is 0.248 e. The van der Waals surface area contributed by atoms with E-state index in [9.17, 15) is 9.59 Å². The monoisotopic (exact) mass is 424 g/mol. The summed E-state index contributed by atoms with van der Waals surface area (Å²) in [5.41, 5.74) is 8.32. The second-order valence-electron chi connectivity index (χ2n) is 6.54. The average Bonchev–Trinajstić information content (AvgIpc) is 2.99. The highest BCUT2D eigenvalue weighted by Crippen LogP contribution is 2.26. The SMILES string of the molecule is COc1ccc(C(N)=O)cc1NC(=O)/C=C/c1c(C)nn(Cc2ccccc2)c1Cl. The van der Waals surface area contributed by atoms with Gasteiger partial charge in [0, 0.05) is 17.2 Å². The number of aryl methyl sites for hydroxylation is 1. The highest BCUT2D eigenvalue weighted by Gasteiger charge is 2.13. The fourth-order valence-electron chi connectivity index (χ4n) is 2.91. The number of anilines is 1. The molecule has 0 atom stereocenters. The molecule has 0 saturated heterocycles. The summed E-state index contributed by atoms with van der Waals surface area (Å²) in [5, 5.41) is 7.58. The third-order valence-corrected chi connectivity index (χ3v) is 4.83. The normalized spacial score (nSPS) is 10.9. The number of nitrogens with one attached hydrogen (secondary N) is 1. The van der Waals surface area contributed by atoms with E-state index < -0.39 is 11.8 Å². The zero-order valence-corrected chi connectivity index (χ0v) is 17.3. The molecule has 1 heterocycles. The molecule has 0 aliphatic rings. The summed E-state index contributed by atoms with van der Waals surface area (Å²) in [5.74, 6) is -0.607. The molecule has 0 spiro atoms. The lowest BCUT2D eigenvalue weighted by Gasteiger charge is -2.10. The Hall–Kier alpha value is -3.58. The number of carbonyl (C=O) groups excluding carboxylic acids is 2. The van der Waals surface area contributed by atoms with Crippen molar-refractivity contribution in [2.75, 3.05) is 12.4 Å². The Morgan fingerprint density at radius 1 is 1.23 bits per heavy atom. The van der Waals surface area contributed by atoms with Crippen molar-refractivity contribution in [3.8, 4) is 5.75 Å². The summed E-state index contributed by atoms with van der Waals surface area (Å²) >= 11 is 6.47. The molecule has 0 saturated carbocycles. The van der Waals surface area contributed by atoms with Gasteiger partial charge >= 0.3 is 0 Å². The second-order valence-corrected chi connectivity index (χ2v) is 6.89. The molecule has 0 radical (unpaired) electrons. The first-order valence-electron chi connectivity index (χ1n) is 9.12. The molecular formula is C22H21ClN4O3. The Morgan fingerprint density at radius 2 is 1.97 bits per heavy atom. The standard InChI is InChI=1S/C22H21ClN4O3/c1-14-17(21(23)27(26-14)13-15-6-4-3-5-7-15)9-11-20(28)25-18-12-16(22(24)29)8-10-19(18)30-2/h3-12H,13H2,1-2H3,(H2,24,29)(H,25,28)/b11-9+. The van der Waals surface area contributed by atoms with Gasteiger partial charge in [0.05, 0.1) is 25.0 Å². The largest absolute Gasteiger partial charge is 0.495 e. The minimum absolute atomic E-state index is 0.260. The van der Waals surface area contributed by atoms with Crippen LogP contribution in [0.3, 0.4) is 0 Å². The van der Waals surface area contributed by atoms with Crippen LogP contribution < -0.4 is 15.8 Å². The van der Waals surface area contributed by atoms with Gasteiger partial charge < -0.3 is 15.8 Å². The number of carbonyl (C=O) groups is 2. The van der Waals surface area contributed by atoms with Gasteiger partial charge in [-0.25, -0.2) is 4.68 Å². The minimum atomic E-state index is -0.600. The van der Waals surface area contributed by atoms with Crippen molar-refractivity contribution < 1.29 is 14.3 Å². The molecule has 3 N–H and O–H groups in total. The van der Waals surface area contributed by atoms with Crippen molar-refractivity contribution in [2.24, 2.45) is 5.73 Å². The van der Waals surface area contributed by atoms with E-state index in [0.717, 1.165) is 5.56 Å². The van der Waals surface area contributed by atoms with Crippen LogP contribution in [0.25, 0.3) is 6.08 Å². The van der Waals surface area contributed by atoms with Crippen molar-refractivity contribution in [3.63, 3.8) is 0 Å². The number of ether oxygens (including phenoxy) is 1. The van der Waals surface area contributed by atoms with E-state index in [1.54, 1.807) is 16.8 Å². The lowest BCUT2D eigenvalue weighted by molar-refractivity contribution is -0.111. The average molecular weight is 425 g/mol. The van der Waals surface area contributed by atoms with Gasteiger partial charge in [0.2, 0.25) is 11.8 Å². The van der Waals surface area contributed by atoms with E-state index in [1.165, 1.54) is 25.3 Å². The first kappa shape index (κ1) is 21.1. The number of aromatic nitrogens is 2. The Labute approximate surface area is 179 Å². The van der Waals surface area contributed by atoms with E-state index in [1.807, 2.05) is 37.3 Å². The lowest BCUT2D eigenvalue weighted by Crippen LogP contribution is -2.13. The molecule has 2 amide bonds. The maximum atomic E-state index is 12.4. The topological polar surface area (TPSA) is 99.2 Å². The van der Waals surface area contributed by atoms with Crippen molar-refractivity contribution in [1.82, 2.24) is 9.78 Å². The number of benzene rings is 2. The summed E-state index contributed by atoms with van der Waals surface area (Å²) in [6, 6.07) is 14.4. The molecule has 0 fully saturated rings. The number of amides is 2. The van der Waals surface area contributed by atoms with E-state index >= 15 is 0 Å². The van der Waals surface area contributed by atoms with Crippen LogP contribution in [-0.2, 0) is 11.3 Å². The Morgan fingerprint density at radius 3 is 2.63 bits per heavy atom. The van der Waals surface area contributed by atoms with Crippen LogP contribution in [0.4, 0.5) is 5.69 Å². The number of nitrogens with zero attached hydrogens (tertiary/aromatic N) is 2. The van der Waals surface area contributed by atoms with E-state index in [-0.39, 0.29) is 5.56 Å². The van der Waals surface area contributed by atoms with Crippen LogP contribution in [0.15, 0.2) is 54.6 Å². The minimum Gasteiger partial charge on any atom is -0.495 e. The van der Waals surface area contributed by atoms with Crippen LogP contribution in [0.5, 0.6) is 5.75 Å². The molecule has 3 aromatic rings. The Kier molecular flexibility index (Phi) is 6.54. The number of halogens is 1. The van der Waals surface area contributed by atoms with Crippen LogP contribution >= 0.6 is 11.6 Å². The fraction of sp³-hybridized carbons (Fsp3) is 0.136. The second kappa shape index (κ2) is 9.28. The number of primary amides is 1. The molecule has 7 nitrogen and oxygen atoms in total. The van der Waals surface area contributed by atoms with Crippen molar-refractivity contribution in [2.45, 2.75) is 13.5 Å². The van der Waals surface area contributed by atoms with Crippen molar-refractivity contribution in [3.05, 3.63) is 82.1 Å². The predicted molar refractivity (Wildman–Crippen MR) is 117 cm³/mol. The summed E-state index contributed by atoms with van der Waals surface area (Å²) in [6.45, 7) is 2.35. The van der Waals surface area contributed by atoms with Gasteiger partial charge in [-0.05, 0) is 36.8 Å². The maximum Gasteiger partial charge on any atom is 0.248 e. The Bertz CT molecular complexity index is 1110. The molecule has 0 unspecified atom stereocenters. The number of methoxy groups -OCH3 is 1. The summed E-state index contributed by atoms with van der Waals surface area (Å²) in [4.78, 5) is 23.8. The van der Waals surface area contributed by atoms with Gasteiger partial charge in [0.1, 0.15) is 10.9 Å². The number of nitrogens with two attached hydrogens (primary N) is 1. The van der Waals surface area contributed by atoms with Gasteiger partial charge in [-0.15, -0.1) is 0 Å². The zero-order valence-electron chi connectivity index (χ0n) is 16.6. The molecule has 0 aliphatic heterocycles. The summed E-state index contributed by atoms with van der Waals surface area (Å²) < 4.78 is 6.90. The first-order valence-corrected chi connectivity index (χ1v) is 9.50. The van der Waals surface area contributed by atoms with E-state index in [4.69, 9.17) is 22.1 Å². The molecule has 154 valence electrons. The molecule has 2 aromatic carbocycles. The third kappa shape index (κ3) is 4.87. The highest BCUT2D eigenvalue weighted by atomic mass is 35.5. The van der Waals surface area contributed by atoms with E-state index in [0.29, 0.717) is 34.4 Å². The van der Waals surface area contributed by atoms with Gasteiger partial charge in [0.15, 0.2) is 0 Å². The Balaban J connectivity index is 1.77. The van der Waals surface area contributed by atoms with Gasteiger partial charge in [-0.2, -0.15) is 5.10 Å². The quantitative estimate of drug-likeness (QED) is 0.565. The maximum absolute atomic E-state index is 12.4. The molecule has 0 aliphatic carbocycles. The van der Waals surface area contributed by atoms with Gasteiger partial charge in [0.25, 0.3) is 0 Å². The molecule has 30 heavy (non-hydrogen) atoms. The number of hydrogen-bond donors (Lipinski definition) is 2. The van der Waals surface area contributed by atoms with Crippen LogP contribution in [0.1, 0.15) is 27.2 Å². The number of rotatable bonds is 7. The first-order chi connectivity index (χ1) is 14.4. The predicted octanol–water partition coefficient (Wildman–Crippen LogP) is 3.65. The van der Waals surface area contributed by atoms with Crippen molar-refractivity contribution in [1.29, 1.82) is 0 Å². The summed E-state index contributed by atoms with van der Waals surface area (Å²) in [7, 11) is 1.47.